The lowest BCUT2D eigenvalue weighted by Gasteiger charge is -2.29. The third-order valence-corrected chi connectivity index (χ3v) is 4.47. The summed E-state index contributed by atoms with van der Waals surface area (Å²) in [5.41, 5.74) is 7.38. The summed E-state index contributed by atoms with van der Waals surface area (Å²) < 4.78 is 2.13. The van der Waals surface area contributed by atoms with E-state index in [1.165, 1.54) is 5.69 Å². The lowest BCUT2D eigenvalue weighted by atomic mass is 9.78. The first kappa shape index (κ1) is 15.2. The Morgan fingerprint density at radius 2 is 1.83 bits per heavy atom. The minimum Gasteiger partial charge on any atom is -0.330 e. The highest BCUT2D eigenvalue weighted by Crippen LogP contribution is 2.29. The molecule has 1 rings (SSSR count). The van der Waals surface area contributed by atoms with Crippen LogP contribution in [-0.4, -0.2) is 16.3 Å². The monoisotopic (exact) mass is 251 g/mol. The zero-order valence-electron chi connectivity index (χ0n) is 12.4. The Labute approximate surface area is 112 Å². The van der Waals surface area contributed by atoms with Crippen molar-refractivity contribution in [3.63, 3.8) is 0 Å². The number of nitrogens with zero attached hydrogens (tertiary/aromatic N) is 2. The molecule has 0 atom stereocenters. The molecule has 0 aromatic carbocycles. The predicted molar refractivity (Wildman–Crippen MR) is 77.6 cm³/mol. The summed E-state index contributed by atoms with van der Waals surface area (Å²) in [5, 5.41) is 4.74. The summed E-state index contributed by atoms with van der Waals surface area (Å²) >= 11 is 0. The molecule has 1 aromatic heterocycles. The second kappa shape index (κ2) is 6.93. The highest BCUT2D eigenvalue weighted by Gasteiger charge is 2.26. The summed E-state index contributed by atoms with van der Waals surface area (Å²) in [6.07, 6.45) is 7.65. The molecule has 0 unspecified atom stereocenters. The van der Waals surface area contributed by atoms with Crippen molar-refractivity contribution >= 4 is 0 Å². The van der Waals surface area contributed by atoms with E-state index < -0.39 is 0 Å². The molecule has 0 saturated heterocycles. The van der Waals surface area contributed by atoms with Crippen molar-refractivity contribution in [3.8, 4) is 0 Å². The maximum Gasteiger partial charge on any atom is 0.0630 e. The van der Waals surface area contributed by atoms with E-state index in [0.717, 1.165) is 38.6 Å². The van der Waals surface area contributed by atoms with Crippen LogP contribution in [-0.2, 0) is 6.42 Å². The normalized spacial score (nSPS) is 12.3. The predicted octanol–water partition coefficient (Wildman–Crippen LogP) is 3.55. The van der Waals surface area contributed by atoms with Crippen LogP contribution in [0.5, 0.6) is 0 Å². The molecule has 3 nitrogen and oxygen atoms in total. The number of aromatic nitrogens is 2. The maximum absolute atomic E-state index is 5.96. The lowest BCUT2D eigenvalue weighted by molar-refractivity contribution is 0.266. The van der Waals surface area contributed by atoms with Gasteiger partial charge in [0, 0.05) is 6.20 Å². The molecule has 0 amide bonds. The van der Waals surface area contributed by atoms with E-state index in [1.807, 2.05) is 0 Å². The van der Waals surface area contributed by atoms with Gasteiger partial charge in [0.2, 0.25) is 0 Å². The van der Waals surface area contributed by atoms with Gasteiger partial charge in [0.1, 0.15) is 0 Å². The summed E-state index contributed by atoms with van der Waals surface area (Å²) in [6.45, 7) is 9.65. The zero-order valence-corrected chi connectivity index (χ0v) is 12.4. The number of hydrogen-bond donors (Lipinski definition) is 1. The van der Waals surface area contributed by atoms with Crippen LogP contribution in [0.25, 0.3) is 0 Å². The third-order valence-electron chi connectivity index (χ3n) is 4.47. The Balaban J connectivity index is 2.79. The van der Waals surface area contributed by atoms with Gasteiger partial charge in [-0.1, -0.05) is 27.7 Å². The van der Waals surface area contributed by atoms with E-state index in [1.54, 1.807) is 0 Å². The van der Waals surface area contributed by atoms with E-state index in [9.17, 15) is 0 Å². The molecule has 104 valence electrons. The van der Waals surface area contributed by atoms with Crippen LogP contribution >= 0.6 is 0 Å². The molecule has 3 heteroatoms. The van der Waals surface area contributed by atoms with Crippen molar-refractivity contribution in [2.24, 2.45) is 11.1 Å². The topological polar surface area (TPSA) is 43.8 Å². The number of hydrogen-bond acceptors (Lipinski definition) is 2. The molecule has 0 spiro atoms. The molecular weight excluding hydrogens is 222 g/mol. The maximum atomic E-state index is 5.96. The Hall–Kier alpha value is -0.830. The molecule has 0 aliphatic heterocycles. The van der Waals surface area contributed by atoms with E-state index in [4.69, 9.17) is 10.8 Å². The molecule has 2 N–H and O–H groups in total. The average Bonchev–Trinajstić information content (AvgIpc) is 2.86. The lowest BCUT2D eigenvalue weighted by Crippen LogP contribution is -2.31. The smallest absolute Gasteiger partial charge is 0.0630 e. The molecule has 0 aliphatic carbocycles. The Morgan fingerprint density at radius 1 is 1.22 bits per heavy atom. The Bertz CT molecular complexity index is 327. The first-order valence-electron chi connectivity index (χ1n) is 7.38. The Kier molecular flexibility index (Phi) is 5.86. The van der Waals surface area contributed by atoms with Crippen LogP contribution in [0.2, 0.25) is 0 Å². The molecule has 18 heavy (non-hydrogen) atoms. The summed E-state index contributed by atoms with van der Waals surface area (Å²) in [6, 6.07) is 2.70. The van der Waals surface area contributed by atoms with Crippen molar-refractivity contribution < 1.29 is 0 Å². The van der Waals surface area contributed by atoms with Gasteiger partial charge >= 0.3 is 0 Å². The van der Waals surface area contributed by atoms with Gasteiger partial charge < -0.3 is 5.73 Å². The second-order valence-corrected chi connectivity index (χ2v) is 5.35. The van der Waals surface area contributed by atoms with E-state index in [2.05, 4.69) is 44.6 Å². The first-order valence-corrected chi connectivity index (χ1v) is 7.38. The van der Waals surface area contributed by atoms with Crippen LogP contribution in [0.1, 0.15) is 65.1 Å². The van der Waals surface area contributed by atoms with Crippen molar-refractivity contribution in [1.29, 1.82) is 0 Å². The zero-order chi connectivity index (χ0) is 13.6. The van der Waals surface area contributed by atoms with Crippen LogP contribution in [0.4, 0.5) is 0 Å². The van der Waals surface area contributed by atoms with Gasteiger partial charge in [0.15, 0.2) is 0 Å². The molecule has 0 fully saturated rings. The van der Waals surface area contributed by atoms with Gasteiger partial charge in [0.05, 0.1) is 11.7 Å². The Morgan fingerprint density at radius 3 is 2.28 bits per heavy atom. The molecular formula is C15H29N3. The fraction of sp³-hybridized carbons (Fsp3) is 0.800. The van der Waals surface area contributed by atoms with Crippen LogP contribution in [0.3, 0.4) is 0 Å². The highest BCUT2D eigenvalue weighted by molar-refractivity contribution is 5.04. The molecule has 0 saturated carbocycles. The van der Waals surface area contributed by atoms with Gasteiger partial charge in [-0.15, -0.1) is 0 Å². The van der Waals surface area contributed by atoms with Crippen molar-refractivity contribution in [3.05, 3.63) is 18.0 Å². The average molecular weight is 251 g/mol. The van der Waals surface area contributed by atoms with Crippen LogP contribution < -0.4 is 5.73 Å². The van der Waals surface area contributed by atoms with Crippen molar-refractivity contribution in [2.45, 2.75) is 65.8 Å². The summed E-state index contributed by atoms with van der Waals surface area (Å²) in [5.74, 6) is 0. The minimum atomic E-state index is 0.229. The largest absolute Gasteiger partial charge is 0.330 e. The minimum absolute atomic E-state index is 0.229. The van der Waals surface area contributed by atoms with Gasteiger partial charge in [0.25, 0.3) is 0 Å². The molecule has 0 bridgehead atoms. The van der Waals surface area contributed by atoms with E-state index >= 15 is 0 Å². The van der Waals surface area contributed by atoms with Gasteiger partial charge in [-0.25, -0.2) is 0 Å². The van der Waals surface area contributed by atoms with Crippen LogP contribution in [0.15, 0.2) is 12.3 Å². The van der Waals surface area contributed by atoms with E-state index in [-0.39, 0.29) is 5.41 Å². The summed E-state index contributed by atoms with van der Waals surface area (Å²) in [7, 11) is 0. The van der Waals surface area contributed by atoms with E-state index in [0.29, 0.717) is 6.04 Å². The highest BCUT2D eigenvalue weighted by atomic mass is 15.3. The van der Waals surface area contributed by atoms with Gasteiger partial charge in [-0.2, -0.15) is 5.10 Å². The quantitative estimate of drug-likeness (QED) is 0.768. The summed E-state index contributed by atoms with van der Waals surface area (Å²) in [4.78, 5) is 0. The van der Waals surface area contributed by atoms with Crippen LogP contribution in [0, 0.1) is 5.41 Å². The fourth-order valence-electron chi connectivity index (χ4n) is 2.58. The molecule has 0 radical (unpaired) electrons. The fourth-order valence-corrected chi connectivity index (χ4v) is 2.58. The molecule has 1 heterocycles. The second-order valence-electron chi connectivity index (χ2n) is 5.35. The van der Waals surface area contributed by atoms with Crippen molar-refractivity contribution in [1.82, 2.24) is 9.78 Å². The third kappa shape index (κ3) is 3.35. The molecule has 1 aromatic rings. The number of rotatable bonds is 8. The van der Waals surface area contributed by atoms with Gasteiger partial charge in [-0.3, -0.25) is 4.68 Å². The first-order chi connectivity index (χ1) is 8.64. The standard InChI is InChI=1S/C15H29N3/c1-5-14(6-2)18-10-9-13(17-18)11-15(7-3,8-4)12-16/h9-10,14H,5-8,11-12,16H2,1-4H3. The van der Waals surface area contributed by atoms with Crippen molar-refractivity contribution in [2.75, 3.05) is 6.54 Å². The number of nitrogens with two attached hydrogens (primary N) is 1. The van der Waals surface area contributed by atoms with Gasteiger partial charge in [-0.05, 0) is 50.1 Å². The molecule has 0 aliphatic rings. The SMILES string of the molecule is CCC(CC)n1ccc(CC(CC)(CC)CN)n1.